The summed E-state index contributed by atoms with van der Waals surface area (Å²) in [6.45, 7) is 7.36. The molecular weight excluding hydrogens is 214 g/mol. The Morgan fingerprint density at radius 1 is 1.41 bits per heavy atom. The fourth-order valence-corrected chi connectivity index (χ4v) is 2.49. The SMILES string of the molecule is CCC(=CCNC1CCC(C)C1C)C(=O)OC. The Kier molecular flexibility index (Phi) is 5.69. The maximum Gasteiger partial charge on any atom is 0.333 e. The molecule has 3 heteroatoms. The van der Waals surface area contributed by atoms with Gasteiger partial charge in [-0.1, -0.05) is 26.8 Å². The molecule has 3 nitrogen and oxygen atoms in total. The number of nitrogens with one attached hydrogen (secondary N) is 1. The van der Waals surface area contributed by atoms with Gasteiger partial charge in [0.15, 0.2) is 0 Å². The number of rotatable bonds is 5. The van der Waals surface area contributed by atoms with E-state index in [1.807, 2.05) is 13.0 Å². The van der Waals surface area contributed by atoms with Gasteiger partial charge in [-0.05, 0) is 31.1 Å². The molecule has 3 atom stereocenters. The van der Waals surface area contributed by atoms with Crippen LogP contribution in [0.1, 0.15) is 40.0 Å². The molecule has 0 aromatic carbocycles. The van der Waals surface area contributed by atoms with E-state index in [0.29, 0.717) is 6.04 Å². The number of esters is 1. The van der Waals surface area contributed by atoms with Crippen LogP contribution in [0.4, 0.5) is 0 Å². The third kappa shape index (κ3) is 3.84. The summed E-state index contributed by atoms with van der Waals surface area (Å²) in [4.78, 5) is 11.4. The molecule has 0 radical (unpaired) electrons. The lowest BCUT2D eigenvalue weighted by Gasteiger charge is -2.18. The largest absolute Gasteiger partial charge is 0.466 e. The quantitative estimate of drug-likeness (QED) is 0.592. The van der Waals surface area contributed by atoms with Crippen LogP contribution in [0.15, 0.2) is 11.6 Å². The molecule has 1 aliphatic carbocycles. The number of methoxy groups -OCH3 is 1. The van der Waals surface area contributed by atoms with Crippen LogP contribution >= 0.6 is 0 Å². The van der Waals surface area contributed by atoms with Crippen LogP contribution < -0.4 is 5.32 Å². The summed E-state index contributed by atoms with van der Waals surface area (Å²) in [6, 6.07) is 0.594. The molecule has 1 aliphatic rings. The Balaban J connectivity index is 2.40. The van der Waals surface area contributed by atoms with Crippen LogP contribution in [-0.4, -0.2) is 25.7 Å². The molecule has 0 aromatic heterocycles. The number of carbonyl (C=O) groups is 1. The maximum atomic E-state index is 11.4. The van der Waals surface area contributed by atoms with E-state index in [1.165, 1.54) is 20.0 Å². The number of carbonyl (C=O) groups excluding carboxylic acids is 1. The van der Waals surface area contributed by atoms with Crippen molar-refractivity contribution in [2.75, 3.05) is 13.7 Å². The van der Waals surface area contributed by atoms with Crippen molar-refractivity contribution < 1.29 is 9.53 Å². The van der Waals surface area contributed by atoms with E-state index in [9.17, 15) is 4.79 Å². The highest BCUT2D eigenvalue weighted by atomic mass is 16.5. The van der Waals surface area contributed by atoms with E-state index < -0.39 is 0 Å². The van der Waals surface area contributed by atoms with Gasteiger partial charge in [-0.15, -0.1) is 0 Å². The summed E-state index contributed by atoms with van der Waals surface area (Å²) in [5.74, 6) is 1.33. The molecule has 0 bridgehead atoms. The van der Waals surface area contributed by atoms with E-state index in [4.69, 9.17) is 4.74 Å². The van der Waals surface area contributed by atoms with Crippen molar-refractivity contribution in [2.45, 2.75) is 46.1 Å². The minimum Gasteiger partial charge on any atom is -0.466 e. The molecule has 98 valence electrons. The summed E-state index contributed by atoms with van der Waals surface area (Å²) in [7, 11) is 1.43. The van der Waals surface area contributed by atoms with Gasteiger partial charge >= 0.3 is 5.97 Å². The molecule has 1 N–H and O–H groups in total. The van der Waals surface area contributed by atoms with Crippen molar-refractivity contribution in [3.63, 3.8) is 0 Å². The van der Waals surface area contributed by atoms with Crippen LogP contribution in [0.3, 0.4) is 0 Å². The van der Waals surface area contributed by atoms with Gasteiger partial charge in [-0.2, -0.15) is 0 Å². The zero-order valence-corrected chi connectivity index (χ0v) is 11.5. The van der Waals surface area contributed by atoms with E-state index in [2.05, 4.69) is 19.2 Å². The average Bonchev–Trinajstić information content (AvgIpc) is 2.65. The summed E-state index contributed by atoms with van der Waals surface area (Å²) in [6.07, 6.45) is 5.24. The van der Waals surface area contributed by atoms with Gasteiger partial charge in [0.25, 0.3) is 0 Å². The Hall–Kier alpha value is -0.830. The monoisotopic (exact) mass is 239 g/mol. The highest BCUT2D eigenvalue weighted by Gasteiger charge is 2.28. The zero-order valence-electron chi connectivity index (χ0n) is 11.5. The zero-order chi connectivity index (χ0) is 12.8. The minimum absolute atomic E-state index is 0.206. The van der Waals surface area contributed by atoms with Gasteiger partial charge in [0.1, 0.15) is 0 Å². The Morgan fingerprint density at radius 3 is 2.59 bits per heavy atom. The molecule has 0 amide bonds. The molecule has 0 saturated heterocycles. The van der Waals surface area contributed by atoms with E-state index in [0.717, 1.165) is 30.4 Å². The van der Waals surface area contributed by atoms with Crippen molar-refractivity contribution >= 4 is 5.97 Å². The lowest BCUT2D eigenvalue weighted by molar-refractivity contribution is -0.136. The Morgan fingerprint density at radius 2 is 2.12 bits per heavy atom. The molecule has 0 aromatic rings. The molecule has 1 rings (SSSR count). The first kappa shape index (κ1) is 14.2. The second-order valence-corrected chi connectivity index (χ2v) is 5.00. The van der Waals surface area contributed by atoms with Crippen LogP contribution in [-0.2, 0) is 9.53 Å². The van der Waals surface area contributed by atoms with Crippen molar-refractivity contribution in [1.29, 1.82) is 0 Å². The smallest absolute Gasteiger partial charge is 0.333 e. The van der Waals surface area contributed by atoms with Crippen molar-refractivity contribution in [2.24, 2.45) is 11.8 Å². The minimum atomic E-state index is -0.206. The molecule has 17 heavy (non-hydrogen) atoms. The van der Waals surface area contributed by atoms with Crippen LogP contribution in [0.25, 0.3) is 0 Å². The molecule has 3 unspecified atom stereocenters. The molecule has 1 fully saturated rings. The van der Waals surface area contributed by atoms with Crippen LogP contribution in [0.2, 0.25) is 0 Å². The van der Waals surface area contributed by atoms with E-state index in [1.54, 1.807) is 0 Å². The summed E-state index contributed by atoms with van der Waals surface area (Å²) < 4.78 is 4.73. The van der Waals surface area contributed by atoms with Gasteiger partial charge in [0.05, 0.1) is 7.11 Å². The normalized spacial score (nSPS) is 29.4. The first-order chi connectivity index (χ1) is 8.10. The van der Waals surface area contributed by atoms with Crippen LogP contribution in [0, 0.1) is 11.8 Å². The molecule has 0 heterocycles. The van der Waals surface area contributed by atoms with E-state index in [-0.39, 0.29) is 5.97 Å². The molecule has 0 aliphatic heterocycles. The predicted molar refractivity (Wildman–Crippen MR) is 69.7 cm³/mol. The fraction of sp³-hybridized carbons (Fsp3) is 0.786. The summed E-state index contributed by atoms with van der Waals surface area (Å²) in [5, 5.41) is 3.52. The summed E-state index contributed by atoms with van der Waals surface area (Å²) in [5.41, 5.74) is 0.763. The first-order valence-corrected chi connectivity index (χ1v) is 6.60. The third-order valence-corrected chi connectivity index (χ3v) is 4.02. The second-order valence-electron chi connectivity index (χ2n) is 5.00. The van der Waals surface area contributed by atoms with Crippen molar-refractivity contribution in [3.8, 4) is 0 Å². The summed E-state index contributed by atoms with van der Waals surface area (Å²) >= 11 is 0. The van der Waals surface area contributed by atoms with Gasteiger partial charge in [-0.25, -0.2) is 4.79 Å². The lowest BCUT2D eigenvalue weighted by atomic mass is 9.98. The van der Waals surface area contributed by atoms with Gasteiger partial charge in [-0.3, -0.25) is 0 Å². The standard InChI is InChI=1S/C14H25NO2/c1-5-12(14(16)17-4)8-9-15-13-7-6-10(2)11(13)3/h8,10-11,13,15H,5-7,9H2,1-4H3. The average molecular weight is 239 g/mol. The predicted octanol–water partition coefficient (Wildman–Crippen LogP) is 2.52. The lowest BCUT2D eigenvalue weighted by Crippen LogP contribution is -2.32. The van der Waals surface area contributed by atoms with Crippen LogP contribution in [0.5, 0.6) is 0 Å². The highest BCUT2D eigenvalue weighted by Crippen LogP contribution is 2.30. The molecule has 1 saturated carbocycles. The van der Waals surface area contributed by atoms with Crippen molar-refractivity contribution in [3.05, 3.63) is 11.6 Å². The number of ether oxygens (including phenoxy) is 1. The fourth-order valence-electron chi connectivity index (χ4n) is 2.49. The topological polar surface area (TPSA) is 38.3 Å². The molecular formula is C14H25NO2. The Bertz CT molecular complexity index is 286. The number of hydrogen-bond donors (Lipinski definition) is 1. The van der Waals surface area contributed by atoms with Gasteiger partial charge in [0, 0.05) is 18.2 Å². The third-order valence-electron chi connectivity index (χ3n) is 4.02. The van der Waals surface area contributed by atoms with E-state index >= 15 is 0 Å². The first-order valence-electron chi connectivity index (χ1n) is 6.60. The second kappa shape index (κ2) is 6.80. The van der Waals surface area contributed by atoms with Crippen molar-refractivity contribution in [1.82, 2.24) is 5.32 Å². The molecule has 0 spiro atoms. The Labute approximate surface area is 105 Å². The van der Waals surface area contributed by atoms with Gasteiger partial charge < -0.3 is 10.1 Å². The van der Waals surface area contributed by atoms with Gasteiger partial charge in [0.2, 0.25) is 0 Å². The number of hydrogen-bond acceptors (Lipinski definition) is 3. The highest BCUT2D eigenvalue weighted by molar-refractivity contribution is 5.88. The maximum absolute atomic E-state index is 11.4.